The fourth-order valence-electron chi connectivity index (χ4n) is 6.30. The van der Waals surface area contributed by atoms with Crippen LogP contribution in [0.4, 0.5) is 0 Å². The molecule has 5 aromatic carbocycles. The van der Waals surface area contributed by atoms with Crippen molar-refractivity contribution < 1.29 is 0 Å². The van der Waals surface area contributed by atoms with E-state index < -0.39 is 0 Å². The standard InChI is InChI=1S/C40H29N5/c1-3-5-16-27(4-2)38-41-39(28-17-8-6-9-18-28)43-40(42-38)45-35-24-15-13-22-31(35)33-26-25-32-30-21-12-14-23-34(30)44(36(32)37(33)45)29-19-10-7-11-20-29/h3-26H,2H2,1H3/b5-3-,27-16+. The third-order valence-electron chi connectivity index (χ3n) is 8.29. The Hall–Kier alpha value is -6.07. The van der Waals surface area contributed by atoms with E-state index in [4.69, 9.17) is 15.0 Å². The summed E-state index contributed by atoms with van der Waals surface area (Å²) in [6.07, 6.45) is 7.74. The van der Waals surface area contributed by atoms with Crippen LogP contribution in [0.2, 0.25) is 0 Å². The zero-order chi connectivity index (χ0) is 30.3. The highest BCUT2D eigenvalue weighted by Crippen LogP contribution is 2.41. The summed E-state index contributed by atoms with van der Waals surface area (Å²) >= 11 is 0. The van der Waals surface area contributed by atoms with Crippen molar-refractivity contribution in [2.45, 2.75) is 6.92 Å². The van der Waals surface area contributed by atoms with E-state index >= 15 is 0 Å². The van der Waals surface area contributed by atoms with E-state index in [0.717, 1.165) is 49.7 Å². The number of allylic oxidation sites excluding steroid dienone is 5. The smallest absolute Gasteiger partial charge is 0.238 e. The zero-order valence-electron chi connectivity index (χ0n) is 24.8. The van der Waals surface area contributed by atoms with E-state index in [0.29, 0.717) is 17.6 Å². The summed E-state index contributed by atoms with van der Waals surface area (Å²) < 4.78 is 4.57. The molecule has 0 aliphatic carbocycles. The molecule has 5 nitrogen and oxygen atoms in total. The minimum absolute atomic E-state index is 0.552. The first-order chi connectivity index (χ1) is 22.3. The Labute approximate surface area is 260 Å². The average molecular weight is 580 g/mol. The summed E-state index contributed by atoms with van der Waals surface area (Å²) in [7, 11) is 0. The second kappa shape index (κ2) is 10.9. The van der Waals surface area contributed by atoms with E-state index in [-0.39, 0.29) is 0 Å². The van der Waals surface area contributed by atoms with Crippen LogP contribution in [0, 0.1) is 0 Å². The van der Waals surface area contributed by atoms with Crippen molar-refractivity contribution in [3.63, 3.8) is 0 Å². The molecule has 0 unspecified atom stereocenters. The Morgan fingerprint density at radius 3 is 1.82 bits per heavy atom. The number of rotatable bonds is 6. The van der Waals surface area contributed by atoms with Gasteiger partial charge in [-0.1, -0.05) is 128 Å². The van der Waals surface area contributed by atoms with Gasteiger partial charge in [0.25, 0.3) is 0 Å². The van der Waals surface area contributed by atoms with Gasteiger partial charge in [-0.2, -0.15) is 9.97 Å². The average Bonchev–Trinajstić information content (AvgIpc) is 3.62. The number of hydrogen-bond donors (Lipinski definition) is 0. The molecule has 0 aliphatic rings. The Bertz CT molecular complexity index is 2440. The minimum Gasteiger partial charge on any atom is -0.307 e. The monoisotopic (exact) mass is 579 g/mol. The molecule has 5 heteroatoms. The fraction of sp³-hybridized carbons (Fsp3) is 0.0250. The molecule has 8 rings (SSSR count). The highest BCUT2D eigenvalue weighted by Gasteiger charge is 2.23. The van der Waals surface area contributed by atoms with E-state index in [1.165, 1.54) is 10.8 Å². The van der Waals surface area contributed by atoms with Crippen molar-refractivity contribution in [2.24, 2.45) is 0 Å². The first-order valence-electron chi connectivity index (χ1n) is 15.0. The lowest BCUT2D eigenvalue weighted by atomic mass is 10.1. The van der Waals surface area contributed by atoms with Crippen molar-refractivity contribution >= 4 is 49.2 Å². The van der Waals surface area contributed by atoms with E-state index in [9.17, 15) is 0 Å². The van der Waals surface area contributed by atoms with Gasteiger partial charge in [0.05, 0.1) is 22.1 Å². The van der Waals surface area contributed by atoms with Gasteiger partial charge in [-0.15, -0.1) is 0 Å². The van der Waals surface area contributed by atoms with E-state index in [1.807, 2.05) is 55.5 Å². The SMILES string of the molecule is C=C/C(=C\C=C/C)c1nc(-c2ccccc2)nc(-n2c3ccccc3c3ccc4c5ccccc5n(-c5ccccc5)c4c32)n1. The maximum atomic E-state index is 5.16. The van der Waals surface area contributed by atoms with Crippen molar-refractivity contribution in [1.29, 1.82) is 0 Å². The van der Waals surface area contributed by atoms with Gasteiger partial charge >= 0.3 is 0 Å². The fourth-order valence-corrected chi connectivity index (χ4v) is 6.30. The van der Waals surface area contributed by atoms with Crippen LogP contribution >= 0.6 is 0 Å². The molecule has 3 aromatic heterocycles. The molecule has 45 heavy (non-hydrogen) atoms. The van der Waals surface area contributed by atoms with Gasteiger partial charge in [0.1, 0.15) is 0 Å². The number of aromatic nitrogens is 5. The van der Waals surface area contributed by atoms with Gasteiger partial charge in [-0.3, -0.25) is 4.57 Å². The van der Waals surface area contributed by atoms with Gasteiger partial charge in [-0.05, 0) is 31.2 Å². The van der Waals surface area contributed by atoms with Crippen LogP contribution in [0.5, 0.6) is 0 Å². The first kappa shape index (κ1) is 26.5. The van der Waals surface area contributed by atoms with Crippen molar-refractivity contribution in [1.82, 2.24) is 24.1 Å². The molecule has 0 aliphatic heterocycles. The third-order valence-corrected chi connectivity index (χ3v) is 8.29. The molecule has 0 atom stereocenters. The van der Waals surface area contributed by atoms with Crippen molar-refractivity contribution in [3.05, 3.63) is 158 Å². The normalized spacial score (nSPS) is 12.2. The highest BCUT2D eigenvalue weighted by molar-refractivity contribution is 6.23. The van der Waals surface area contributed by atoms with Crippen LogP contribution in [0.1, 0.15) is 12.7 Å². The van der Waals surface area contributed by atoms with Crippen LogP contribution in [0.25, 0.3) is 72.2 Å². The van der Waals surface area contributed by atoms with Crippen LogP contribution in [0.15, 0.2) is 152 Å². The minimum atomic E-state index is 0.552. The number of benzene rings is 5. The second-order valence-corrected chi connectivity index (χ2v) is 10.9. The quantitative estimate of drug-likeness (QED) is 0.184. The summed E-state index contributed by atoms with van der Waals surface area (Å²) in [6.45, 7) is 6.07. The maximum absolute atomic E-state index is 5.16. The first-order valence-corrected chi connectivity index (χ1v) is 15.0. The van der Waals surface area contributed by atoms with Crippen LogP contribution in [0.3, 0.4) is 0 Å². The Kier molecular flexibility index (Phi) is 6.42. The molecule has 0 bridgehead atoms. The molecule has 0 amide bonds. The molecule has 0 N–H and O–H groups in total. The van der Waals surface area contributed by atoms with Gasteiger partial charge in [0.2, 0.25) is 5.95 Å². The number of nitrogens with zero attached hydrogens (tertiary/aromatic N) is 5. The lowest BCUT2D eigenvalue weighted by molar-refractivity contribution is 0.932. The summed E-state index contributed by atoms with van der Waals surface area (Å²) in [4.78, 5) is 15.3. The summed E-state index contributed by atoms with van der Waals surface area (Å²) in [5, 5.41) is 4.63. The van der Waals surface area contributed by atoms with E-state index in [2.05, 4.69) is 107 Å². The molecule has 0 saturated heterocycles. The largest absolute Gasteiger partial charge is 0.307 e. The summed E-state index contributed by atoms with van der Waals surface area (Å²) in [5.74, 6) is 1.72. The Balaban J connectivity index is 1.57. The van der Waals surface area contributed by atoms with Crippen LogP contribution in [-0.2, 0) is 0 Å². The Morgan fingerprint density at radius 2 is 1.18 bits per heavy atom. The molecule has 0 spiro atoms. The molecule has 3 heterocycles. The van der Waals surface area contributed by atoms with Crippen molar-refractivity contribution in [2.75, 3.05) is 0 Å². The van der Waals surface area contributed by atoms with Gasteiger partial charge < -0.3 is 4.57 Å². The molecule has 0 fully saturated rings. The van der Waals surface area contributed by atoms with Gasteiger partial charge in [0, 0.05) is 38.4 Å². The topological polar surface area (TPSA) is 48.5 Å². The van der Waals surface area contributed by atoms with Gasteiger partial charge in [-0.25, -0.2) is 4.98 Å². The number of para-hydroxylation sites is 3. The van der Waals surface area contributed by atoms with E-state index in [1.54, 1.807) is 6.08 Å². The number of hydrogen-bond acceptors (Lipinski definition) is 3. The molecular weight excluding hydrogens is 550 g/mol. The Morgan fingerprint density at radius 1 is 0.600 bits per heavy atom. The van der Waals surface area contributed by atoms with Gasteiger partial charge in [0.15, 0.2) is 11.6 Å². The summed E-state index contributed by atoms with van der Waals surface area (Å²) in [5.41, 5.74) is 7.15. The lowest BCUT2D eigenvalue weighted by Gasteiger charge is -2.13. The molecular formula is C40H29N5. The molecule has 0 radical (unpaired) electrons. The van der Waals surface area contributed by atoms with Crippen molar-refractivity contribution in [3.8, 4) is 23.0 Å². The third kappa shape index (κ3) is 4.28. The zero-order valence-corrected chi connectivity index (χ0v) is 24.8. The molecule has 214 valence electrons. The summed E-state index contributed by atoms with van der Waals surface area (Å²) in [6, 6.07) is 42.2. The predicted octanol–water partition coefficient (Wildman–Crippen LogP) is 9.88. The second-order valence-electron chi connectivity index (χ2n) is 10.9. The van der Waals surface area contributed by atoms with Crippen LogP contribution in [-0.4, -0.2) is 24.1 Å². The number of fused-ring (bicyclic) bond motifs is 7. The predicted molar refractivity (Wildman–Crippen MR) is 187 cm³/mol. The highest BCUT2D eigenvalue weighted by atomic mass is 15.2. The molecule has 0 saturated carbocycles. The lowest BCUT2D eigenvalue weighted by Crippen LogP contribution is -2.08. The molecule has 8 aromatic rings. The van der Waals surface area contributed by atoms with Crippen LogP contribution < -0.4 is 0 Å². The maximum Gasteiger partial charge on any atom is 0.238 e.